The van der Waals surface area contributed by atoms with E-state index in [9.17, 15) is 19.7 Å². The number of hydrogen-bond acceptors (Lipinski definition) is 5. The van der Waals surface area contributed by atoms with Crippen molar-refractivity contribution in [2.24, 2.45) is 0 Å². The average molecular weight is 368 g/mol. The van der Waals surface area contributed by atoms with E-state index in [-0.39, 0.29) is 17.5 Å². The summed E-state index contributed by atoms with van der Waals surface area (Å²) in [7, 11) is 0. The number of benzene rings is 2. The van der Waals surface area contributed by atoms with E-state index in [1.54, 1.807) is 48.5 Å². The molecule has 2 aromatic carbocycles. The third kappa shape index (κ3) is 6.62. The lowest BCUT2D eigenvalue weighted by Gasteiger charge is -2.07. The summed E-state index contributed by atoms with van der Waals surface area (Å²) in [5, 5.41) is 19.2. The maximum atomic E-state index is 11.8. The molecule has 0 saturated heterocycles. The molecule has 0 spiro atoms. The first-order chi connectivity index (χ1) is 13.0. The summed E-state index contributed by atoms with van der Waals surface area (Å²) >= 11 is 0. The zero-order valence-electron chi connectivity index (χ0n) is 14.8. The van der Waals surface area contributed by atoms with Gasteiger partial charge in [-0.05, 0) is 29.8 Å². The lowest BCUT2D eigenvalue weighted by Crippen LogP contribution is -2.27. The molecular formula is C19H20N4O4. The first-order valence-corrected chi connectivity index (χ1v) is 8.26. The Kier molecular flexibility index (Phi) is 7.07. The normalized spacial score (nSPS) is 10.4. The molecule has 8 nitrogen and oxygen atoms in total. The van der Waals surface area contributed by atoms with Crippen molar-refractivity contribution in [3.63, 3.8) is 0 Å². The first kappa shape index (κ1) is 19.6. The molecule has 0 unspecified atom stereocenters. The maximum absolute atomic E-state index is 11.8. The number of para-hydroxylation sites is 2. The third-order valence-corrected chi connectivity index (χ3v) is 3.50. The molecule has 0 aliphatic heterocycles. The van der Waals surface area contributed by atoms with Gasteiger partial charge < -0.3 is 16.0 Å². The number of nitrogens with zero attached hydrogens (tertiary/aromatic N) is 1. The van der Waals surface area contributed by atoms with Gasteiger partial charge in [0.15, 0.2) is 0 Å². The van der Waals surface area contributed by atoms with E-state index in [1.807, 2.05) is 0 Å². The van der Waals surface area contributed by atoms with Crippen LogP contribution < -0.4 is 16.0 Å². The van der Waals surface area contributed by atoms with E-state index in [1.165, 1.54) is 19.1 Å². The molecule has 0 bridgehead atoms. The summed E-state index contributed by atoms with van der Waals surface area (Å²) in [5.41, 5.74) is 1.90. The molecule has 0 aliphatic rings. The van der Waals surface area contributed by atoms with E-state index in [2.05, 4.69) is 16.0 Å². The highest BCUT2D eigenvalue weighted by Crippen LogP contribution is 2.22. The quantitative estimate of drug-likeness (QED) is 0.287. The SMILES string of the molecule is CC(=O)Nc1ccc(/C=C/C(=O)NCCNc2ccccc2[N+](=O)[O-])cc1. The number of nitro groups is 1. The molecule has 3 N–H and O–H groups in total. The van der Waals surface area contributed by atoms with Gasteiger partial charge in [0.25, 0.3) is 5.69 Å². The number of hydrogen-bond donors (Lipinski definition) is 3. The lowest BCUT2D eigenvalue weighted by atomic mass is 10.2. The van der Waals surface area contributed by atoms with Crippen molar-refractivity contribution in [2.45, 2.75) is 6.92 Å². The van der Waals surface area contributed by atoms with Crippen LogP contribution in [0.4, 0.5) is 17.1 Å². The molecule has 8 heteroatoms. The molecule has 0 saturated carbocycles. The fourth-order valence-corrected chi connectivity index (χ4v) is 2.28. The predicted octanol–water partition coefficient (Wildman–Crippen LogP) is 2.79. The largest absolute Gasteiger partial charge is 0.378 e. The fraction of sp³-hybridized carbons (Fsp3) is 0.158. The first-order valence-electron chi connectivity index (χ1n) is 8.26. The highest BCUT2D eigenvalue weighted by molar-refractivity contribution is 5.92. The van der Waals surface area contributed by atoms with Crippen molar-refractivity contribution < 1.29 is 14.5 Å². The highest BCUT2D eigenvalue weighted by atomic mass is 16.6. The van der Waals surface area contributed by atoms with Gasteiger partial charge >= 0.3 is 0 Å². The smallest absolute Gasteiger partial charge is 0.292 e. The molecule has 2 amide bonds. The summed E-state index contributed by atoms with van der Waals surface area (Å²) in [4.78, 5) is 33.3. The standard InChI is InChI=1S/C19H20N4O4/c1-14(24)22-16-9-6-15(7-10-16)8-11-19(25)21-13-12-20-17-4-2-3-5-18(17)23(26)27/h2-11,20H,12-13H2,1H3,(H,21,25)(H,22,24)/b11-8+. The summed E-state index contributed by atoms with van der Waals surface area (Å²) < 4.78 is 0. The van der Waals surface area contributed by atoms with Crippen LogP contribution in [0.2, 0.25) is 0 Å². The van der Waals surface area contributed by atoms with Crippen molar-refractivity contribution in [3.05, 3.63) is 70.3 Å². The van der Waals surface area contributed by atoms with Crippen LogP contribution in [0.5, 0.6) is 0 Å². The summed E-state index contributed by atoms with van der Waals surface area (Å²) in [5.74, 6) is -0.419. The Morgan fingerprint density at radius 1 is 1.07 bits per heavy atom. The number of rotatable bonds is 8. The number of nitrogens with one attached hydrogen (secondary N) is 3. The van der Waals surface area contributed by atoms with Crippen LogP contribution in [0.3, 0.4) is 0 Å². The molecule has 0 fully saturated rings. The van der Waals surface area contributed by atoms with Crippen molar-refractivity contribution in [1.82, 2.24) is 5.32 Å². The topological polar surface area (TPSA) is 113 Å². The van der Waals surface area contributed by atoms with E-state index >= 15 is 0 Å². The molecule has 0 atom stereocenters. The van der Waals surface area contributed by atoms with Crippen LogP contribution in [0.25, 0.3) is 6.08 Å². The van der Waals surface area contributed by atoms with Crippen LogP contribution in [0, 0.1) is 10.1 Å². The molecule has 0 aliphatic carbocycles. The molecule has 2 aromatic rings. The molecule has 27 heavy (non-hydrogen) atoms. The van der Waals surface area contributed by atoms with Gasteiger partial charge in [-0.2, -0.15) is 0 Å². The van der Waals surface area contributed by atoms with Gasteiger partial charge in [-0.3, -0.25) is 19.7 Å². The van der Waals surface area contributed by atoms with E-state index in [4.69, 9.17) is 0 Å². The van der Waals surface area contributed by atoms with Gasteiger partial charge in [-0.15, -0.1) is 0 Å². The van der Waals surface area contributed by atoms with E-state index in [0.29, 0.717) is 24.5 Å². The minimum Gasteiger partial charge on any atom is -0.378 e. The van der Waals surface area contributed by atoms with Crippen molar-refractivity contribution >= 4 is 35.0 Å². The van der Waals surface area contributed by atoms with Crippen LogP contribution in [-0.4, -0.2) is 29.8 Å². The van der Waals surface area contributed by atoms with Gasteiger partial charge in [0.1, 0.15) is 5.69 Å². The van der Waals surface area contributed by atoms with Crippen LogP contribution in [0.15, 0.2) is 54.6 Å². The van der Waals surface area contributed by atoms with Crippen LogP contribution >= 0.6 is 0 Å². The monoisotopic (exact) mass is 368 g/mol. The Balaban J connectivity index is 1.77. The van der Waals surface area contributed by atoms with Gasteiger partial charge in [0.05, 0.1) is 4.92 Å². The summed E-state index contributed by atoms with van der Waals surface area (Å²) in [6, 6.07) is 13.4. The summed E-state index contributed by atoms with van der Waals surface area (Å²) in [6.07, 6.45) is 3.06. The zero-order valence-corrected chi connectivity index (χ0v) is 14.8. The van der Waals surface area contributed by atoms with Gasteiger partial charge in [-0.25, -0.2) is 0 Å². The number of anilines is 2. The molecule has 0 radical (unpaired) electrons. The minimum atomic E-state index is -0.457. The second kappa shape index (κ2) is 9.71. The van der Waals surface area contributed by atoms with Crippen LogP contribution in [-0.2, 0) is 9.59 Å². The Labute approximate surface area is 156 Å². The van der Waals surface area contributed by atoms with Crippen molar-refractivity contribution in [3.8, 4) is 0 Å². The van der Waals surface area contributed by atoms with Crippen molar-refractivity contribution in [2.75, 3.05) is 23.7 Å². The zero-order chi connectivity index (χ0) is 19.6. The summed E-state index contributed by atoms with van der Waals surface area (Å²) in [6.45, 7) is 2.11. The van der Waals surface area contributed by atoms with Gasteiger partial charge in [-0.1, -0.05) is 24.3 Å². The maximum Gasteiger partial charge on any atom is 0.292 e. The number of carbonyl (C=O) groups is 2. The molecule has 140 valence electrons. The molecular weight excluding hydrogens is 348 g/mol. The lowest BCUT2D eigenvalue weighted by molar-refractivity contribution is -0.384. The number of amides is 2. The number of carbonyl (C=O) groups excluding carboxylic acids is 2. The van der Waals surface area contributed by atoms with E-state index < -0.39 is 4.92 Å². The number of nitro benzene ring substituents is 1. The van der Waals surface area contributed by atoms with Gasteiger partial charge in [0, 0.05) is 37.8 Å². The minimum absolute atomic E-state index is 0.00793. The fourth-order valence-electron chi connectivity index (χ4n) is 2.28. The van der Waals surface area contributed by atoms with Gasteiger partial charge in [0.2, 0.25) is 11.8 Å². The highest BCUT2D eigenvalue weighted by Gasteiger charge is 2.11. The van der Waals surface area contributed by atoms with E-state index in [0.717, 1.165) is 5.56 Å². The second-order valence-corrected chi connectivity index (χ2v) is 5.63. The predicted molar refractivity (Wildman–Crippen MR) is 104 cm³/mol. The Hall–Kier alpha value is -3.68. The van der Waals surface area contributed by atoms with Crippen molar-refractivity contribution in [1.29, 1.82) is 0 Å². The van der Waals surface area contributed by atoms with Crippen LogP contribution in [0.1, 0.15) is 12.5 Å². The molecule has 0 heterocycles. The Bertz CT molecular complexity index is 847. The second-order valence-electron chi connectivity index (χ2n) is 5.63. The Morgan fingerprint density at radius 2 is 1.78 bits per heavy atom. The molecule has 0 aromatic heterocycles. The third-order valence-electron chi connectivity index (χ3n) is 3.50. The molecule has 2 rings (SSSR count). The average Bonchev–Trinajstić information content (AvgIpc) is 2.64. The Morgan fingerprint density at radius 3 is 2.44 bits per heavy atom.